The fourth-order valence-corrected chi connectivity index (χ4v) is 2.13. The van der Waals surface area contributed by atoms with Crippen molar-refractivity contribution in [3.8, 4) is 0 Å². The Morgan fingerprint density at radius 2 is 2.36 bits per heavy atom. The van der Waals surface area contributed by atoms with Gasteiger partial charge in [0.25, 0.3) is 0 Å². The van der Waals surface area contributed by atoms with E-state index in [1.54, 1.807) is 0 Å². The van der Waals surface area contributed by atoms with Gasteiger partial charge in [0.15, 0.2) is 0 Å². The first-order valence-electron chi connectivity index (χ1n) is 5.40. The summed E-state index contributed by atoms with van der Waals surface area (Å²) in [5.41, 5.74) is 0. The van der Waals surface area contributed by atoms with Crippen LogP contribution in [0.5, 0.6) is 0 Å². The molecule has 0 aromatic carbocycles. The predicted octanol–water partition coefficient (Wildman–Crippen LogP) is 0.758. The molecule has 1 aliphatic heterocycles. The Hall–Kier alpha value is -0.900. The van der Waals surface area contributed by atoms with Gasteiger partial charge in [-0.25, -0.2) is 0 Å². The maximum Gasteiger partial charge on any atom is 0.133 e. The van der Waals surface area contributed by atoms with Crippen molar-refractivity contribution in [2.75, 3.05) is 13.1 Å². The number of nitrogens with zero attached hydrogens (tertiary/aromatic N) is 3. The van der Waals surface area contributed by atoms with Crippen LogP contribution in [0.4, 0.5) is 0 Å². The Morgan fingerprint density at radius 3 is 3.00 bits per heavy atom. The van der Waals surface area contributed by atoms with Crippen LogP contribution in [-0.4, -0.2) is 27.9 Å². The molecule has 14 heavy (non-hydrogen) atoms. The number of aryl methyl sites for hydroxylation is 1. The van der Waals surface area contributed by atoms with Crippen LogP contribution >= 0.6 is 0 Å². The third-order valence-electron chi connectivity index (χ3n) is 2.96. The minimum absolute atomic E-state index is 0.754. The minimum atomic E-state index is 0.754. The highest BCUT2D eigenvalue weighted by molar-refractivity contribution is 4.96. The van der Waals surface area contributed by atoms with Crippen molar-refractivity contribution in [2.45, 2.75) is 33.2 Å². The maximum absolute atomic E-state index is 4.24. The summed E-state index contributed by atoms with van der Waals surface area (Å²) in [6, 6.07) is 0. The number of hydrogen-bond acceptors (Lipinski definition) is 3. The van der Waals surface area contributed by atoms with Gasteiger partial charge in [-0.1, -0.05) is 0 Å². The molecule has 1 saturated heterocycles. The molecule has 4 heteroatoms. The summed E-state index contributed by atoms with van der Waals surface area (Å²) in [6.45, 7) is 7.44. The van der Waals surface area contributed by atoms with E-state index in [2.05, 4.69) is 27.0 Å². The van der Waals surface area contributed by atoms with Crippen molar-refractivity contribution >= 4 is 0 Å². The van der Waals surface area contributed by atoms with E-state index in [0.717, 1.165) is 43.6 Å². The zero-order valence-electron chi connectivity index (χ0n) is 8.95. The van der Waals surface area contributed by atoms with Gasteiger partial charge in [-0.2, -0.15) is 0 Å². The lowest BCUT2D eigenvalue weighted by Crippen LogP contribution is -2.14. The van der Waals surface area contributed by atoms with Crippen molar-refractivity contribution in [1.82, 2.24) is 20.1 Å². The third-order valence-corrected chi connectivity index (χ3v) is 2.96. The van der Waals surface area contributed by atoms with E-state index in [9.17, 15) is 0 Å². The molecule has 1 aromatic heterocycles. The molecule has 0 radical (unpaired) electrons. The van der Waals surface area contributed by atoms with E-state index in [1.165, 1.54) is 6.42 Å². The smallest absolute Gasteiger partial charge is 0.133 e. The first kappa shape index (κ1) is 9.65. The fraction of sp³-hybridized carbons (Fsp3) is 0.800. The molecule has 2 rings (SSSR count). The van der Waals surface area contributed by atoms with Gasteiger partial charge in [0, 0.05) is 13.0 Å². The molecule has 1 aliphatic rings. The summed E-state index contributed by atoms with van der Waals surface area (Å²) in [7, 11) is 0. The molecule has 78 valence electrons. The molecular formula is C10H18N4. The van der Waals surface area contributed by atoms with Gasteiger partial charge in [-0.15, -0.1) is 10.2 Å². The largest absolute Gasteiger partial charge is 0.316 e. The van der Waals surface area contributed by atoms with Crippen LogP contribution in [0.1, 0.15) is 25.0 Å². The third kappa shape index (κ3) is 1.80. The van der Waals surface area contributed by atoms with Crippen molar-refractivity contribution in [3.05, 3.63) is 11.6 Å². The van der Waals surface area contributed by atoms with Crippen LogP contribution in [0.3, 0.4) is 0 Å². The van der Waals surface area contributed by atoms with Crippen molar-refractivity contribution in [2.24, 2.45) is 5.92 Å². The minimum Gasteiger partial charge on any atom is -0.316 e. The Balaban J connectivity index is 2.07. The normalized spacial score (nSPS) is 21.7. The summed E-state index contributed by atoms with van der Waals surface area (Å²) in [6.07, 6.45) is 2.34. The van der Waals surface area contributed by atoms with Crippen LogP contribution in [0.15, 0.2) is 0 Å². The monoisotopic (exact) mass is 194 g/mol. The summed E-state index contributed by atoms with van der Waals surface area (Å²) in [5.74, 6) is 2.94. The fourth-order valence-electron chi connectivity index (χ4n) is 2.13. The highest BCUT2D eigenvalue weighted by atomic mass is 15.3. The van der Waals surface area contributed by atoms with Crippen molar-refractivity contribution in [3.63, 3.8) is 0 Å². The Bertz CT molecular complexity index is 299. The Kier molecular flexibility index (Phi) is 2.82. The number of aromatic nitrogens is 3. The lowest BCUT2D eigenvalue weighted by Gasteiger charge is -2.09. The molecule has 1 fully saturated rings. The standard InChI is InChI=1S/C10H18N4/c1-3-14-8(2)12-13-10(14)6-9-4-5-11-7-9/h9,11H,3-7H2,1-2H3. The SMILES string of the molecule is CCn1c(C)nnc1CC1CCNC1. The predicted molar refractivity (Wildman–Crippen MR) is 55.1 cm³/mol. The average molecular weight is 194 g/mol. The zero-order chi connectivity index (χ0) is 9.97. The van der Waals surface area contributed by atoms with Gasteiger partial charge in [0.05, 0.1) is 0 Å². The van der Waals surface area contributed by atoms with E-state index in [4.69, 9.17) is 0 Å². The highest BCUT2D eigenvalue weighted by Gasteiger charge is 2.18. The second-order valence-corrected chi connectivity index (χ2v) is 3.97. The van der Waals surface area contributed by atoms with Gasteiger partial charge >= 0.3 is 0 Å². The van der Waals surface area contributed by atoms with Gasteiger partial charge < -0.3 is 9.88 Å². The zero-order valence-corrected chi connectivity index (χ0v) is 8.95. The van der Waals surface area contributed by atoms with Crippen LogP contribution in [0.25, 0.3) is 0 Å². The summed E-state index contributed by atoms with van der Waals surface area (Å²) >= 11 is 0. The second-order valence-electron chi connectivity index (χ2n) is 3.97. The lowest BCUT2D eigenvalue weighted by atomic mass is 10.0. The first-order chi connectivity index (χ1) is 6.81. The second kappa shape index (κ2) is 4.09. The number of rotatable bonds is 3. The van der Waals surface area contributed by atoms with Gasteiger partial charge in [0.2, 0.25) is 0 Å². The quantitative estimate of drug-likeness (QED) is 0.772. The Morgan fingerprint density at radius 1 is 1.50 bits per heavy atom. The number of hydrogen-bond donors (Lipinski definition) is 1. The topological polar surface area (TPSA) is 42.7 Å². The van der Waals surface area contributed by atoms with Crippen LogP contribution in [-0.2, 0) is 13.0 Å². The van der Waals surface area contributed by atoms with Gasteiger partial charge in [-0.05, 0) is 39.3 Å². The lowest BCUT2D eigenvalue weighted by molar-refractivity contribution is 0.536. The molecule has 0 saturated carbocycles. The molecule has 1 atom stereocenters. The van der Waals surface area contributed by atoms with Gasteiger partial charge in [0.1, 0.15) is 11.6 Å². The molecule has 1 N–H and O–H groups in total. The summed E-state index contributed by atoms with van der Waals surface area (Å²) < 4.78 is 2.21. The molecular weight excluding hydrogens is 176 g/mol. The average Bonchev–Trinajstić information content (AvgIpc) is 2.77. The maximum atomic E-state index is 4.24. The number of nitrogens with one attached hydrogen (secondary N) is 1. The Labute approximate surface area is 84.7 Å². The van der Waals surface area contributed by atoms with Crippen molar-refractivity contribution in [1.29, 1.82) is 0 Å². The van der Waals surface area contributed by atoms with E-state index in [1.807, 2.05) is 6.92 Å². The molecule has 2 heterocycles. The van der Waals surface area contributed by atoms with Crippen molar-refractivity contribution < 1.29 is 0 Å². The van der Waals surface area contributed by atoms with E-state index >= 15 is 0 Å². The molecule has 0 bridgehead atoms. The first-order valence-corrected chi connectivity index (χ1v) is 5.40. The van der Waals surface area contributed by atoms with Crippen LogP contribution < -0.4 is 5.32 Å². The van der Waals surface area contributed by atoms with E-state index in [0.29, 0.717) is 0 Å². The molecule has 0 amide bonds. The molecule has 4 nitrogen and oxygen atoms in total. The van der Waals surface area contributed by atoms with Crippen LogP contribution in [0, 0.1) is 12.8 Å². The molecule has 1 unspecified atom stereocenters. The summed E-state index contributed by atoms with van der Waals surface area (Å²) in [5, 5.41) is 11.7. The van der Waals surface area contributed by atoms with E-state index < -0.39 is 0 Å². The molecule has 0 spiro atoms. The summed E-state index contributed by atoms with van der Waals surface area (Å²) in [4.78, 5) is 0. The van der Waals surface area contributed by atoms with Gasteiger partial charge in [-0.3, -0.25) is 0 Å². The van der Waals surface area contributed by atoms with Crippen LogP contribution in [0.2, 0.25) is 0 Å². The highest BCUT2D eigenvalue weighted by Crippen LogP contribution is 2.14. The van der Waals surface area contributed by atoms with E-state index in [-0.39, 0.29) is 0 Å². The molecule has 1 aromatic rings. The molecule has 0 aliphatic carbocycles.